The lowest BCUT2D eigenvalue weighted by Crippen LogP contribution is -2.19. The van der Waals surface area contributed by atoms with Crippen molar-refractivity contribution < 1.29 is 19.4 Å². The van der Waals surface area contributed by atoms with Crippen LogP contribution in [-0.4, -0.2) is 17.0 Å². The van der Waals surface area contributed by atoms with Crippen LogP contribution < -0.4 is 4.74 Å². The first-order valence-electron chi connectivity index (χ1n) is 3.51. The summed E-state index contributed by atoms with van der Waals surface area (Å²) >= 11 is 9.52. The molecule has 1 aromatic carbocycles. The Labute approximate surface area is 110 Å². The van der Waals surface area contributed by atoms with Gasteiger partial charge in [0.2, 0.25) is 0 Å². The SMILES string of the molecule is O=C(O)C(=O)Oc1c(Br)cc(Br)cc1Br. The number of ether oxygens (including phenoxy) is 1. The summed E-state index contributed by atoms with van der Waals surface area (Å²) < 4.78 is 6.34. The molecule has 0 fully saturated rings. The van der Waals surface area contributed by atoms with Crippen LogP contribution in [0.5, 0.6) is 5.75 Å². The fourth-order valence-electron chi connectivity index (χ4n) is 0.763. The lowest BCUT2D eigenvalue weighted by atomic mass is 10.3. The first kappa shape index (κ1) is 12.7. The number of carboxylic acids is 1. The minimum Gasteiger partial charge on any atom is -0.473 e. The van der Waals surface area contributed by atoms with Crippen LogP contribution in [0.15, 0.2) is 25.6 Å². The Morgan fingerprint density at radius 3 is 2.00 bits per heavy atom. The van der Waals surface area contributed by atoms with Gasteiger partial charge in [-0.15, -0.1) is 0 Å². The third kappa shape index (κ3) is 3.29. The summed E-state index contributed by atoms with van der Waals surface area (Å²) in [7, 11) is 0. The standard InChI is InChI=1S/C8H3Br3O4/c9-3-1-4(10)6(5(11)2-3)15-8(14)7(12)13/h1-2H,(H,12,13). The molecule has 0 saturated carbocycles. The molecule has 80 valence electrons. The predicted molar refractivity (Wildman–Crippen MR) is 62.8 cm³/mol. The van der Waals surface area contributed by atoms with Crippen molar-refractivity contribution in [2.24, 2.45) is 0 Å². The van der Waals surface area contributed by atoms with Gasteiger partial charge in [0, 0.05) is 4.47 Å². The highest BCUT2D eigenvalue weighted by Gasteiger charge is 2.18. The van der Waals surface area contributed by atoms with Crippen LogP contribution in [0.25, 0.3) is 0 Å². The van der Waals surface area contributed by atoms with Crippen LogP contribution in [0.4, 0.5) is 0 Å². The summed E-state index contributed by atoms with van der Waals surface area (Å²) in [5.41, 5.74) is 0. The van der Waals surface area contributed by atoms with E-state index in [-0.39, 0.29) is 5.75 Å². The molecule has 0 aliphatic rings. The molecule has 15 heavy (non-hydrogen) atoms. The van der Waals surface area contributed by atoms with E-state index in [4.69, 9.17) is 5.11 Å². The molecule has 0 bridgehead atoms. The Kier molecular flexibility index (Phi) is 4.30. The van der Waals surface area contributed by atoms with E-state index in [0.29, 0.717) is 8.95 Å². The molecule has 0 atom stereocenters. The zero-order valence-electron chi connectivity index (χ0n) is 6.96. The molecule has 0 aliphatic carbocycles. The van der Waals surface area contributed by atoms with E-state index in [1.807, 2.05) is 0 Å². The van der Waals surface area contributed by atoms with E-state index in [1.165, 1.54) is 0 Å². The predicted octanol–water partition coefficient (Wildman–Crippen LogP) is 2.96. The normalized spacial score (nSPS) is 9.80. The van der Waals surface area contributed by atoms with Gasteiger partial charge in [0.15, 0.2) is 5.75 Å². The second-order valence-electron chi connectivity index (χ2n) is 2.39. The smallest absolute Gasteiger partial charge is 0.422 e. The summed E-state index contributed by atoms with van der Waals surface area (Å²) in [5, 5.41) is 8.37. The van der Waals surface area contributed by atoms with E-state index in [2.05, 4.69) is 52.5 Å². The van der Waals surface area contributed by atoms with Crippen LogP contribution in [-0.2, 0) is 9.59 Å². The maximum absolute atomic E-state index is 10.8. The Morgan fingerprint density at radius 2 is 1.60 bits per heavy atom. The number of benzene rings is 1. The minimum atomic E-state index is -1.64. The van der Waals surface area contributed by atoms with Crippen molar-refractivity contribution in [3.8, 4) is 5.75 Å². The summed E-state index contributed by atoms with van der Waals surface area (Å²) in [6.07, 6.45) is 0. The molecular weight excluding hydrogens is 400 g/mol. The lowest BCUT2D eigenvalue weighted by Gasteiger charge is -2.06. The number of halogens is 3. The van der Waals surface area contributed by atoms with Crippen LogP contribution in [0.2, 0.25) is 0 Å². The molecule has 0 saturated heterocycles. The highest BCUT2D eigenvalue weighted by molar-refractivity contribution is 9.11. The van der Waals surface area contributed by atoms with Gasteiger partial charge in [-0.2, -0.15) is 0 Å². The average Bonchev–Trinajstić information content (AvgIpc) is 2.10. The van der Waals surface area contributed by atoms with Crippen molar-refractivity contribution in [1.82, 2.24) is 0 Å². The number of hydrogen-bond donors (Lipinski definition) is 1. The van der Waals surface area contributed by atoms with Gasteiger partial charge in [-0.3, -0.25) is 0 Å². The van der Waals surface area contributed by atoms with E-state index >= 15 is 0 Å². The topological polar surface area (TPSA) is 63.6 Å². The highest BCUT2D eigenvalue weighted by atomic mass is 79.9. The largest absolute Gasteiger partial charge is 0.473 e. The highest BCUT2D eigenvalue weighted by Crippen LogP contribution is 2.36. The first-order chi connectivity index (χ1) is 6.91. The molecule has 7 heteroatoms. The molecule has 0 aliphatic heterocycles. The summed E-state index contributed by atoms with van der Waals surface area (Å²) in [4.78, 5) is 21.1. The number of esters is 1. The number of rotatable bonds is 1. The van der Waals surface area contributed by atoms with Gasteiger partial charge in [0.25, 0.3) is 0 Å². The van der Waals surface area contributed by atoms with Crippen molar-refractivity contribution in [3.05, 3.63) is 25.6 Å². The Morgan fingerprint density at radius 1 is 1.13 bits per heavy atom. The van der Waals surface area contributed by atoms with Crippen LogP contribution in [0.1, 0.15) is 0 Å². The maximum atomic E-state index is 10.8. The van der Waals surface area contributed by atoms with Crippen molar-refractivity contribution in [2.75, 3.05) is 0 Å². The number of carboxylic acid groups (broad SMARTS) is 1. The monoisotopic (exact) mass is 400 g/mol. The lowest BCUT2D eigenvalue weighted by molar-refractivity contribution is -0.158. The fraction of sp³-hybridized carbons (Fsp3) is 0. The second kappa shape index (κ2) is 5.09. The molecule has 1 rings (SSSR count). The zero-order chi connectivity index (χ0) is 11.6. The third-order valence-electron chi connectivity index (χ3n) is 1.33. The molecule has 1 aromatic rings. The van der Waals surface area contributed by atoms with E-state index in [1.54, 1.807) is 12.1 Å². The van der Waals surface area contributed by atoms with Crippen LogP contribution in [0, 0.1) is 0 Å². The molecule has 0 heterocycles. The van der Waals surface area contributed by atoms with Crippen LogP contribution in [0.3, 0.4) is 0 Å². The van der Waals surface area contributed by atoms with E-state index in [9.17, 15) is 9.59 Å². The third-order valence-corrected chi connectivity index (χ3v) is 2.97. The number of hydrogen-bond acceptors (Lipinski definition) is 3. The average molecular weight is 403 g/mol. The Hall–Kier alpha value is -0.400. The number of aliphatic carboxylic acids is 1. The zero-order valence-corrected chi connectivity index (χ0v) is 11.7. The van der Waals surface area contributed by atoms with Crippen molar-refractivity contribution >= 4 is 59.7 Å². The van der Waals surface area contributed by atoms with Crippen molar-refractivity contribution in [1.29, 1.82) is 0 Å². The molecule has 4 nitrogen and oxygen atoms in total. The summed E-state index contributed by atoms with van der Waals surface area (Å²) in [6, 6.07) is 3.27. The quantitative estimate of drug-likeness (QED) is 0.445. The molecule has 1 N–H and O–H groups in total. The van der Waals surface area contributed by atoms with Gasteiger partial charge < -0.3 is 9.84 Å². The Balaban J connectivity index is 3.05. The van der Waals surface area contributed by atoms with Crippen molar-refractivity contribution in [2.45, 2.75) is 0 Å². The van der Waals surface area contributed by atoms with Gasteiger partial charge in [0.1, 0.15) is 0 Å². The molecule has 0 aromatic heterocycles. The molecule has 0 unspecified atom stereocenters. The second-order valence-corrected chi connectivity index (χ2v) is 5.02. The number of carbonyl (C=O) groups is 2. The molecule has 0 amide bonds. The van der Waals surface area contributed by atoms with E-state index < -0.39 is 11.9 Å². The first-order valence-corrected chi connectivity index (χ1v) is 5.89. The molecule has 0 spiro atoms. The molecular formula is C8H3Br3O4. The summed E-state index contributed by atoms with van der Waals surface area (Å²) in [6.45, 7) is 0. The number of carbonyl (C=O) groups excluding carboxylic acids is 1. The van der Waals surface area contributed by atoms with Crippen LogP contribution >= 0.6 is 47.8 Å². The summed E-state index contributed by atoms with van der Waals surface area (Å²) in [5.74, 6) is -2.85. The van der Waals surface area contributed by atoms with E-state index in [0.717, 1.165) is 4.47 Å². The van der Waals surface area contributed by atoms with Gasteiger partial charge in [-0.05, 0) is 44.0 Å². The minimum absolute atomic E-state index is 0.130. The van der Waals surface area contributed by atoms with Gasteiger partial charge in [0.05, 0.1) is 8.95 Å². The van der Waals surface area contributed by atoms with Gasteiger partial charge in [-0.1, -0.05) is 15.9 Å². The van der Waals surface area contributed by atoms with Gasteiger partial charge in [-0.25, -0.2) is 9.59 Å². The maximum Gasteiger partial charge on any atom is 0.422 e. The van der Waals surface area contributed by atoms with Crippen molar-refractivity contribution in [3.63, 3.8) is 0 Å². The fourth-order valence-corrected chi connectivity index (χ4v) is 3.18. The van der Waals surface area contributed by atoms with Gasteiger partial charge >= 0.3 is 11.9 Å². The Bertz CT molecular complexity index is 407. The molecule has 0 radical (unpaired) electrons.